The van der Waals surface area contributed by atoms with Gasteiger partial charge in [0.25, 0.3) is 0 Å². The molecule has 2 aromatic heterocycles. The topological polar surface area (TPSA) is 49.6 Å². The summed E-state index contributed by atoms with van der Waals surface area (Å²) in [7, 11) is 0. The first-order chi connectivity index (χ1) is 10.9. The molecule has 0 aromatic carbocycles. The summed E-state index contributed by atoms with van der Waals surface area (Å²) in [6, 6.07) is 5.98. The number of imidazole rings is 1. The molecule has 124 valence electrons. The molecule has 1 aliphatic rings. The minimum absolute atomic E-state index is 0.0414. The molecule has 0 saturated heterocycles. The maximum absolute atomic E-state index is 12.0. The number of nitrogens with zero attached hydrogens (tertiary/aromatic N) is 3. The molecule has 3 heterocycles. The second-order valence-corrected chi connectivity index (χ2v) is 5.63. The normalized spacial score (nSPS) is 15.1. The highest BCUT2D eigenvalue weighted by Gasteiger charge is 2.38. The number of hydrogen-bond donors (Lipinski definition) is 1. The molecule has 0 aliphatic carbocycles. The van der Waals surface area contributed by atoms with E-state index in [0.29, 0.717) is 6.42 Å². The molecule has 23 heavy (non-hydrogen) atoms. The highest BCUT2D eigenvalue weighted by molar-refractivity contribution is 5.81. The van der Waals surface area contributed by atoms with Gasteiger partial charge in [0.05, 0.1) is 11.9 Å². The van der Waals surface area contributed by atoms with Gasteiger partial charge in [0.15, 0.2) is 0 Å². The average Bonchev–Trinajstić information content (AvgIpc) is 2.91. The van der Waals surface area contributed by atoms with E-state index in [-0.39, 0.29) is 6.54 Å². The molecule has 0 radical (unpaired) electrons. The van der Waals surface area contributed by atoms with Gasteiger partial charge < -0.3 is 5.32 Å². The van der Waals surface area contributed by atoms with Crippen LogP contribution in [0.3, 0.4) is 0 Å². The number of pyridine rings is 1. The van der Waals surface area contributed by atoms with Gasteiger partial charge in [0, 0.05) is 25.3 Å². The summed E-state index contributed by atoms with van der Waals surface area (Å²) in [5.74, 6) is -1.87. The zero-order valence-corrected chi connectivity index (χ0v) is 12.4. The van der Waals surface area contributed by atoms with Gasteiger partial charge in [-0.1, -0.05) is 6.07 Å². The molecule has 1 aliphatic heterocycles. The van der Waals surface area contributed by atoms with E-state index in [1.54, 1.807) is 0 Å². The molecule has 0 spiro atoms. The predicted octanol–water partition coefficient (Wildman–Crippen LogP) is 2.11. The van der Waals surface area contributed by atoms with Gasteiger partial charge in [-0.2, -0.15) is 13.2 Å². The van der Waals surface area contributed by atoms with Crippen LogP contribution < -0.4 is 5.32 Å². The Labute approximate surface area is 131 Å². The summed E-state index contributed by atoms with van der Waals surface area (Å²) in [6.07, 6.45) is -1.71. The van der Waals surface area contributed by atoms with Crippen molar-refractivity contribution in [3.8, 4) is 0 Å². The van der Waals surface area contributed by atoms with Gasteiger partial charge in [0.2, 0.25) is 0 Å². The van der Waals surface area contributed by atoms with E-state index in [0.717, 1.165) is 43.1 Å². The molecular weight excluding hydrogens is 309 g/mol. The highest BCUT2D eigenvalue weighted by atomic mass is 19.4. The highest BCUT2D eigenvalue weighted by Crippen LogP contribution is 2.20. The van der Waals surface area contributed by atoms with Crippen molar-refractivity contribution < 1.29 is 18.0 Å². The van der Waals surface area contributed by atoms with Crippen molar-refractivity contribution in [2.24, 2.45) is 0 Å². The van der Waals surface area contributed by atoms with Crippen LogP contribution in [0.15, 0.2) is 24.4 Å². The number of hydrogen-bond acceptors (Lipinski definition) is 3. The van der Waals surface area contributed by atoms with Crippen molar-refractivity contribution in [1.29, 1.82) is 0 Å². The fraction of sp³-hybridized carbons (Fsp3) is 0.467. The van der Waals surface area contributed by atoms with Crippen molar-refractivity contribution in [1.82, 2.24) is 19.6 Å². The minimum atomic E-state index is -4.80. The molecule has 5 nitrogen and oxygen atoms in total. The average molecular weight is 326 g/mol. The third kappa shape index (κ3) is 3.47. The van der Waals surface area contributed by atoms with E-state index in [1.165, 1.54) is 0 Å². The van der Waals surface area contributed by atoms with Crippen molar-refractivity contribution >= 4 is 11.6 Å². The van der Waals surface area contributed by atoms with E-state index in [2.05, 4.69) is 14.3 Å². The van der Waals surface area contributed by atoms with E-state index >= 15 is 0 Å². The standard InChI is InChI=1S/C15H17F3N4O/c16-15(17,18)14(23)19-6-1-2-7-21-9-11-4-3-5-13-20-8-12(10-21)22(11)13/h3-5,8H,1-2,6-7,9-10H2,(H,19,23). The van der Waals surface area contributed by atoms with Crippen LogP contribution in [0.5, 0.6) is 0 Å². The van der Waals surface area contributed by atoms with Crippen molar-refractivity contribution in [3.63, 3.8) is 0 Å². The third-order valence-corrected chi connectivity index (χ3v) is 3.90. The summed E-state index contributed by atoms with van der Waals surface area (Å²) in [5.41, 5.74) is 3.21. The molecule has 1 amide bonds. The summed E-state index contributed by atoms with van der Waals surface area (Å²) in [4.78, 5) is 17.3. The number of nitrogens with one attached hydrogen (secondary N) is 1. The van der Waals surface area contributed by atoms with E-state index in [1.807, 2.05) is 29.7 Å². The smallest absolute Gasteiger partial charge is 0.348 e. The molecule has 0 fully saturated rings. The van der Waals surface area contributed by atoms with Crippen LogP contribution in [0.4, 0.5) is 13.2 Å². The van der Waals surface area contributed by atoms with Gasteiger partial charge >= 0.3 is 12.1 Å². The van der Waals surface area contributed by atoms with Crippen LogP contribution in [-0.2, 0) is 17.9 Å². The molecule has 0 unspecified atom stereocenters. The first-order valence-electron chi connectivity index (χ1n) is 7.47. The molecular formula is C15H17F3N4O. The quantitative estimate of drug-likeness (QED) is 0.856. The zero-order valence-electron chi connectivity index (χ0n) is 12.4. The van der Waals surface area contributed by atoms with Gasteiger partial charge in [-0.3, -0.25) is 14.1 Å². The molecule has 3 rings (SSSR count). The molecule has 1 N–H and O–H groups in total. The Morgan fingerprint density at radius 3 is 2.78 bits per heavy atom. The number of unbranched alkanes of at least 4 members (excludes halogenated alkanes) is 1. The SMILES string of the molecule is O=C(NCCCCN1Cc2cccc3ncc(n23)C1)C(F)(F)F. The van der Waals surface area contributed by atoms with Crippen molar-refractivity contribution in [2.45, 2.75) is 32.1 Å². The molecule has 0 bridgehead atoms. The molecule has 0 saturated carbocycles. The first-order valence-corrected chi connectivity index (χ1v) is 7.47. The lowest BCUT2D eigenvalue weighted by Crippen LogP contribution is -2.37. The van der Waals surface area contributed by atoms with Gasteiger partial charge in [-0.25, -0.2) is 4.98 Å². The minimum Gasteiger partial charge on any atom is -0.348 e. The molecule has 8 heteroatoms. The summed E-state index contributed by atoms with van der Waals surface area (Å²) >= 11 is 0. The fourth-order valence-electron chi connectivity index (χ4n) is 2.84. The lowest BCUT2D eigenvalue weighted by molar-refractivity contribution is -0.173. The Morgan fingerprint density at radius 2 is 2.00 bits per heavy atom. The Kier molecular flexibility index (Phi) is 4.25. The second kappa shape index (κ2) is 6.19. The Hall–Kier alpha value is -2.09. The van der Waals surface area contributed by atoms with Crippen LogP contribution in [-0.4, -0.2) is 39.5 Å². The lowest BCUT2D eigenvalue weighted by Gasteiger charge is -2.27. The number of halogens is 3. The maximum atomic E-state index is 12.0. The van der Waals surface area contributed by atoms with Crippen LogP contribution in [0.25, 0.3) is 5.65 Å². The number of amides is 1. The summed E-state index contributed by atoms with van der Waals surface area (Å²) in [6.45, 7) is 2.37. The maximum Gasteiger partial charge on any atom is 0.471 e. The molecule has 0 atom stereocenters. The number of carbonyl (C=O) groups excluding carboxylic acids is 1. The lowest BCUT2D eigenvalue weighted by atomic mass is 10.2. The predicted molar refractivity (Wildman–Crippen MR) is 77.6 cm³/mol. The van der Waals surface area contributed by atoms with Gasteiger partial charge in [-0.15, -0.1) is 0 Å². The number of carbonyl (C=O) groups is 1. The zero-order chi connectivity index (χ0) is 16.4. The van der Waals surface area contributed by atoms with Crippen LogP contribution in [0.2, 0.25) is 0 Å². The largest absolute Gasteiger partial charge is 0.471 e. The van der Waals surface area contributed by atoms with E-state index in [9.17, 15) is 18.0 Å². The number of alkyl halides is 3. The third-order valence-electron chi connectivity index (χ3n) is 3.90. The van der Waals surface area contributed by atoms with Crippen LogP contribution in [0, 0.1) is 0 Å². The monoisotopic (exact) mass is 326 g/mol. The number of aromatic nitrogens is 2. The van der Waals surface area contributed by atoms with Gasteiger partial charge in [0.1, 0.15) is 5.65 Å². The second-order valence-electron chi connectivity index (χ2n) is 5.63. The Balaban J connectivity index is 1.45. The van der Waals surface area contributed by atoms with Crippen LogP contribution in [0.1, 0.15) is 24.2 Å². The van der Waals surface area contributed by atoms with E-state index in [4.69, 9.17) is 0 Å². The van der Waals surface area contributed by atoms with Crippen molar-refractivity contribution in [3.05, 3.63) is 35.8 Å². The summed E-state index contributed by atoms with van der Waals surface area (Å²) < 4.78 is 38.3. The van der Waals surface area contributed by atoms with Crippen LogP contribution >= 0.6 is 0 Å². The van der Waals surface area contributed by atoms with Gasteiger partial charge in [-0.05, 0) is 31.5 Å². The Morgan fingerprint density at radius 1 is 1.22 bits per heavy atom. The summed E-state index contributed by atoms with van der Waals surface area (Å²) in [5, 5.41) is 1.89. The first kappa shape index (κ1) is 15.8. The number of rotatable bonds is 5. The van der Waals surface area contributed by atoms with E-state index < -0.39 is 12.1 Å². The van der Waals surface area contributed by atoms with Crippen molar-refractivity contribution in [2.75, 3.05) is 13.1 Å². The molecule has 2 aromatic rings. The Bertz CT molecular complexity index is 710. The fourth-order valence-corrected chi connectivity index (χ4v) is 2.84.